The Balaban J connectivity index is 1.25. The summed E-state index contributed by atoms with van der Waals surface area (Å²) in [7, 11) is 0. The summed E-state index contributed by atoms with van der Waals surface area (Å²) in [6.45, 7) is 1.86. The predicted octanol–water partition coefficient (Wildman–Crippen LogP) is 4.33. The zero-order valence-electron chi connectivity index (χ0n) is 17.2. The number of fused-ring (bicyclic) bond motifs is 1. The third-order valence-corrected chi connectivity index (χ3v) is 5.44. The molecule has 160 valence electrons. The van der Waals surface area contributed by atoms with Crippen molar-refractivity contribution in [2.24, 2.45) is 5.10 Å². The third kappa shape index (κ3) is 5.41. The molecule has 3 aromatic carbocycles. The summed E-state index contributed by atoms with van der Waals surface area (Å²) >= 11 is 1.31. The fraction of sp³-hybridized carbons (Fsp3) is 0.0833. The first kappa shape index (κ1) is 21.3. The maximum atomic E-state index is 12.3. The van der Waals surface area contributed by atoms with Gasteiger partial charge in [-0.25, -0.2) is 15.2 Å². The Morgan fingerprint density at radius 3 is 2.59 bits per heavy atom. The van der Waals surface area contributed by atoms with Crippen LogP contribution < -0.4 is 10.2 Å². The number of H-pyrrole nitrogens is 1. The molecular weight excluding hydrogens is 424 g/mol. The second kappa shape index (κ2) is 9.93. The number of hydrogen-bond donors (Lipinski definition) is 2. The zero-order chi connectivity index (χ0) is 22.3. The van der Waals surface area contributed by atoms with Crippen LogP contribution in [0.5, 0.6) is 5.75 Å². The van der Waals surface area contributed by atoms with E-state index in [1.54, 1.807) is 36.4 Å². The van der Waals surface area contributed by atoms with Gasteiger partial charge in [0.15, 0.2) is 5.16 Å². The van der Waals surface area contributed by atoms with Crippen molar-refractivity contribution in [1.82, 2.24) is 15.4 Å². The number of carbonyl (C=O) groups excluding carboxylic acids is 2. The van der Waals surface area contributed by atoms with Gasteiger partial charge in [-0.05, 0) is 60.5 Å². The van der Waals surface area contributed by atoms with Gasteiger partial charge in [-0.1, -0.05) is 42.1 Å². The van der Waals surface area contributed by atoms with E-state index in [1.807, 2.05) is 43.3 Å². The number of aryl methyl sites for hydroxylation is 1. The van der Waals surface area contributed by atoms with E-state index in [1.165, 1.54) is 18.0 Å². The average Bonchev–Trinajstić information content (AvgIpc) is 3.22. The van der Waals surface area contributed by atoms with Crippen LogP contribution in [-0.4, -0.2) is 33.8 Å². The third-order valence-electron chi connectivity index (χ3n) is 4.57. The second-order valence-corrected chi connectivity index (χ2v) is 7.88. The van der Waals surface area contributed by atoms with E-state index in [2.05, 4.69) is 20.5 Å². The van der Waals surface area contributed by atoms with Crippen LogP contribution in [0.1, 0.15) is 21.5 Å². The van der Waals surface area contributed by atoms with Crippen LogP contribution >= 0.6 is 11.8 Å². The minimum atomic E-state index is -0.404. The maximum absolute atomic E-state index is 12.3. The number of hydrazone groups is 1. The van der Waals surface area contributed by atoms with Crippen LogP contribution in [0.2, 0.25) is 0 Å². The molecule has 32 heavy (non-hydrogen) atoms. The fourth-order valence-corrected chi connectivity index (χ4v) is 3.61. The molecule has 0 spiro atoms. The van der Waals surface area contributed by atoms with E-state index in [4.69, 9.17) is 4.74 Å². The lowest BCUT2D eigenvalue weighted by atomic mass is 10.1. The number of para-hydroxylation sites is 2. The minimum absolute atomic E-state index is 0.185. The first-order valence-electron chi connectivity index (χ1n) is 9.86. The van der Waals surface area contributed by atoms with Gasteiger partial charge in [0, 0.05) is 0 Å². The maximum Gasteiger partial charge on any atom is 0.343 e. The molecule has 0 bridgehead atoms. The fourth-order valence-electron chi connectivity index (χ4n) is 2.93. The highest BCUT2D eigenvalue weighted by Gasteiger charge is 2.11. The van der Waals surface area contributed by atoms with Crippen LogP contribution in [0.15, 0.2) is 83.1 Å². The van der Waals surface area contributed by atoms with E-state index < -0.39 is 5.97 Å². The molecule has 4 aromatic rings. The first-order valence-corrected chi connectivity index (χ1v) is 10.8. The molecule has 1 heterocycles. The van der Waals surface area contributed by atoms with Crippen molar-refractivity contribution < 1.29 is 14.3 Å². The van der Waals surface area contributed by atoms with Crippen molar-refractivity contribution in [3.8, 4) is 5.75 Å². The van der Waals surface area contributed by atoms with Crippen LogP contribution in [0.25, 0.3) is 11.0 Å². The molecular formula is C24H20N4O3S. The van der Waals surface area contributed by atoms with Gasteiger partial charge < -0.3 is 9.72 Å². The number of hydrogen-bond acceptors (Lipinski definition) is 6. The number of imidazole rings is 1. The zero-order valence-corrected chi connectivity index (χ0v) is 18.1. The van der Waals surface area contributed by atoms with Crippen molar-refractivity contribution in [1.29, 1.82) is 0 Å². The van der Waals surface area contributed by atoms with Gasteiger partial charge in [-0.15, -0.1) is 0 Å². The summed E-state index contributed by atoms with van der Waals surface area (Å²) in [6.07, 6.45) is 1.52. The molecule has 1 amide bonds. The summed E-state index contributed by atoms with van der Waals surface area (Å²) < 4.78 is 5.41. The molecule has 0 aliphatic rings. The minimum Gasteiger partial charge on any atom is -0.423 e. The molecule has 7 nitrogen and oxygen atoms in total. The lowest BCUT2D eigenvalue weighted by Gasteiger charge is -2.06. The van der Waals surface area contributed by atoms with E-state index in [9.17, 15) is 9.59 Å². The predicted molar refractivity (Wildman–Crippen MR) is 125 cm³/mol. The molecule has 2 N–H and O–H groups in total. The van der Waals surface area contributed by atoms with Gasteiger partial charge in [-0.2, -0.15) is 5.10 Å². The molecule has 0 radical (unpaired) electrons. The van der Waals surface area contributed by atoms with E-state index in [-0.39, 0.29) is 11.7 Å². The molecule has 0 aliphatic carbocycles. The summed E-state index contributed by atoms with van der Waals surface area (Å²) in [5.74, 6) is -0.0267. The number of nitrogens with zero attached hydrogens (tertiary/aromatic N) is 2. The number of nitrogens with one attached hydrogen (secondary N) is 2. The van der Waals surface area contributed by atoms with Crippen LogP contribution in [0, 0.1) is 6.92 Å². The lowest BCUT2D eigenvalue weighted by molar-refractivity contribution is -0.118. The number of thioether (sulfide) groups is 1. The van der Waals surface area contributed by atoms with E-state index >= 15 is 0 Å². The van der Waals surface area contributed by atoms with Crippen LogP contribution in [0.4, 0.5) is 0 Å². The molecule has 0 fully saturated rings. The molecule has 1 aromatic heterocycles. The molecule has 0 unspecified atom stereocenters. The molecule has 0 saturated carbocycles. The summed E-state index contributed by atoms with van der Waals surface area (Å²) in [5, 5.41) is 4.65. The van der Waals surface area contributed by atoms with Gasteiger partial charge in [0.25, 0.3) is 5.91 Å². The van der Waals surface area contributed by atoms with E-state index in [0.717, 1.165) is 22.2 Å². The number of ether oxygens (including phenoxy) is 1. The SMILES string of the molecule is Cc1ccccc1C(=O)Oc1ccc(/C=N\NC(=O)CSc2nc3ccccc3[nH]2)cc1. The molecule has 0 saturated heterocycles. The highest BCUT2D eigenvalue weighted by molar-refractivity contribution is 7.99. The number of aromatic amines is 1. The highest BCUT2D eigenvalue weighted by atomic mass is 32.2. The van der Waals surface area contributed by atoms with Gasteiger partial charge in [0.2, 0.25) is 0 Å². The normalized spacial score (nSPS) is 11.0. The van der Waals surface area contributed by atoms with Crippen LogP contribution in [0.3, 0.4) is 0 Å². The second-order valence-electron chi connectivity index (χ2n) is 6.91. The Morgan fingerprint density at radius 2 is 1.81 bits per heavy atom. The number of esters is 1. The highest BCUT2D eigenvalue weighted by Crippen LogP contribution is 2.19. The summed E-state index contributed by atoms with van der Waals surface area (Å²) in [6, 6.07) is 21.8. The number of rotatable bonds is 7. The van der Waals surface area contributed by atoms with Crippen molar-refractivity contribution in [3.05, 3.63) is 89.5 Å². The quantitative estimate of drug-likeness (QED) is 0.145. The molecule has 0 aliphatic heterocycles. The molecule has 8 heteroatoms. The van der Waals surface area contributed by atoms with Gasteiger partial charge in [0.05, 0.1) is 28.6 Å². The molecule has 4 rings (SSSR count). The Morgan fingerprint density at radius 1 is 1.06 bits per heavy atom. The number of amides is 1. The standard InChI is InChI=1S/C24H20N4O3S/c1-16-6-2-3-7-19(16)23(30)31-18-12-10-17(11-13-18)14-25-28-22(29)15-32-24-26-20-8-4-5-9-21(20)27-24/h2-14H,15H2,1H3,(H,26,27)(H,28,29)/b25-14-. The Bertz CT molecular complexity index is 1250. The monoisotopic (exact) mass is 444 g/mol. The Kier molecular flexibility index (Phi) is 6.62. The first-order chi connectivity index (χ1) is 15.6. The van der Waals surface area contributed by atoms with Crippen molar-refractivity contribution >= 4 is 40.9 Å². The largest absolute Gasteiger partial charge is 0.423 e. The summed E-state index contributed by atoms with van der Waals surface area (Å²) in [5.41, 5.74) is 6.43. The van der Waals surface area contributed by atoms with Gasteiger partial charge in [-0.3, -0.25) is 4.79 Å². The Labute approximate surface area is 188 Å². The topological polar surface area (TPSA) is 96.4 Å². The number of carbonyl (C=O) groups is 2. The smallest absolute Gasteiger partial charge is 0.343 e. The van der Waals surface area contributed by atoms with Gasteiger partial charge in [0.1, 0.15) is 5.75 Å². The van der Waals surface area contributed by atoms with Crippen molar-refractivity contribution in [2.45, 2.75) is 12.1 Å². The number of benzene rings is 3. The molecule has 0 atom stereocenters. The summed E-state index contributed by atoms with van der Waals surface area (Å²) in [4.78, 5) is 31.9. The van der Waals surface area contributed by atoms with Gasteiger partial charge >= 0.3 is 5.97 Å². The number of aromatic nitrogens is 2. The lowest BCUT2D eigenvalue weighted by Crippen LogP contribution is -2.19. The average molecular weight is 445 g/mol. The van der Waals surface area contributed by atoms with E-state index in [0.29, 0.717) is 16.5 Å². The van der Waals surface area contributed by atoms with Crippen LogP contribution in [-0.2, 0) is 4.79 Å². The van der Waals surface area contributed by atoms with Crippen molar-refractivity contribution in [2.75, 3.05) is 5.75 Å². The Hall–Kier alpha value is -3.91. The van der Waals surface area contributed by atoms with Crippen molar-refractivity contribution in [3.63, 3.8) is 0 Å².